The fourth-order valence-corrected chi connectivity index (χ4v) is 7.79. The number of aliphatic carboxylic acids is 1. The Kier molecular flexibility index (Phi) is 4.63. The first-order chi connectivity index (χ1) is 17.3. The van der Waals surface area contributed by atoms with Gasteiger partial charge >= 0.3 is 5.97 Å². The van der Waals surface area contributed by atoms with Crippen molar-refractivity contribution in [3.05, 3.63) is 59.2 Å². The Balaban J connectivity index is 1.41. The topological polar surface area (TPSA) is 85.0 Å². The van der Waals surface area contributed by atoms with E-state index in [1.54, 1.807) is 17.0 Å². The largest absolute Gasteiger partial charge is 0.485 e. The zero-order valence-electron chi connectivity index (χ0n) is 20.0. The highest BCUT2D eigenvalue weighted by Crippen LogP contribution is 2.70. The maximum Gasteiger partial charge on any atom is 0.324 e. The molecule has 2 aromatic carbocycles. The lowest BCUT2D eigenvalue weighted by Crippen LogP contribution is -2.82. The number of hydrogen-bond donors (Lipinski definition) is 2. The van der Waals surface area contributed by atoms with Gasteiger partial charge in [-0.15, -0.1) is 0 Å². The van der Waals surface area contributed by atoms with Gasteiger partial charge in [0.15, 0.2) is 11.5 Å². The third-order valence-electron chi connectivity index (χ3n) is 9.42. The Morgan fingerprint density at radius 2 is 1.92 bits per heavy atom. The van der Waals surface area contributed by atoms with Crippen LogP contribution in [0.25, 0.3) is 0 Å². The Bertz CT molecular complexity index is 1240. The van der Waals surface area contributed by atoms with E-state index in [-0.39, 0.29) is 13.0 Å². The van der Waals surface area contributed by atoms with Crippen molar-refractivity contribution in [1.82, 2.24) is 4.90 Å². The van der Waals surface area contributed by atoms with Gasteiger partial charge in [0, 0.05) is 30.5 Å². The number of carboxylic acid groups (broad SMARTS) is 1. The Morgan fingerprint density at radius 1 is 1.14 bits per heavy atom. The number of benzene rings is 2. The van der Waals surface area contributed by atoms with E-state index in [0.29, 0.717) is 47.9 Å². The molecule has 0 unspecified atom stereocenters. The van der Waals surface area contributed by atoms with Crippen LogP contribution in [0, 0.1) is 11.8 Å². The van der Waals surface area contributed by atoms with E-state index in [0.717, 1.165) is 18.4 Å². The highest BCUT2D eigenvalue weighted by atomic mass is 19.3. The normalized spacial score (nSPS) is 35.6. The lowest BCUT2D eigenvalue weighted by atomic mass is 9.45. The van der Waals surface area contributed by atoms with Crippen LogP contribution in [0.3, 0.4) is 0 Å². The Labute approximate surface area is 208 Å². The van der Waals surface area contributed by atoms with Crippen LogP contribution in [0.1, 0.15) is 42.4 Å². The van der Waals surface area contributed by atoms with Crippen molar-refractivity contribution in [3.63, 3.8) is 0 Å². The minimum Gasteiger partial charge on any atom is -0.485 e. The SMILES string of the molecule is N[C@@H]1CC[C@H]2[C@@]34c5c(ccc(OCc6ccccc6)c5O[C@@H]13)C[C@@]2(C(=O)O)N(CC1CC1)CC4(F)F. The molecule has 6 nitrogen and oxygen atoms in total. The molecule has 8 heteroatoms. The fourth-order valence-electron chi connectivity index (χ4n) is 7.79. The van der Waals surface area contributed by atoms with Crippen molar-refractivity contribution in [1.29, 1.82) is 0 Å². The minimum atomic E-state index is -3.20. The van der Waals surface area contributed by atoms with Crippen molar-refractivity contribution in [2.75, 3.05) is 13.1 Å². The first-order valence-corrected chi connectivity index (χ1v) is 12.9. The Hall–Kier alpha value is -2.71. The van der Waals surface area contributed by atoms with E-state index in [9.17, 15) is 9.90 Å². The van der Waals surface area contributed by atoms with Gasteiger partial charge in [-0.05, 0) is 48.8 Å². The average molecular weight is 497 g/mol. The van der Waals surface area contributed by atoms with E-state index in [1.165, 1.54) is 0 Å². The average Bonchev–Trinajstić information content (AvgIpc) is 3.59. The maximum absolute atomic E-state index is 16.7. The van der Waals surface area contributed by atoms with E-state index in [4.69, 9.17) is 15.2 Å². The van der Waals surface area contributed by atoms with Crippen molar-refractivity contribution < 1.29 is 28.2 Å². The van der Waals surface area contributed by atoms with Gasteiger partial charge in [-0.25, -0.2) is 8.78 Å². The van der Waals surface area contributed by atoms with E-state index in [1.807, 2.05) is 30.3 Å². The molecule has 190 valence electrons. The van der Waals surface area contributed by atoms with Crippen LogP contribution in [-0.4, -0.2) is 52.7 Å². The van der Waals surface area contributed by atoms with Gasteiger partial charge in [0.2, 0.25) is 0 Å². The molecular formula is C28H30F2N2O4. The molecule has 36 heavy (non-hydrogen) atoms. The highest BCUT2D eigenvalue weighted by Gasteiger charge is 2.81. The summed E-state index contributed by atoms with van der Waals surface area (Å²) < 4.78 is 45.8. The summed E-state index contributed by atoms with van der Waals surface area (Å²) in [6.07, 6.45) is 1.90. The number of likely N-dealkylation sites (tertiary alicyclic amines) is 1. The van der Waals surface area contributed by atoms with Crippen LogP contribution >= 0.6 is 0 Å². The number of hydrogen-bond acceptors (Lipinski definition) is 5. The minimum absolute atomic E-state index is 0.185. The predicted octanol–water partition coefficient (Wildman–Crippen LogP) is 3.74. The number of ether oxygens (including phenoxy) is 2. The first kappa shape index (κ1) is 22.5. The molecule has 2 saturated carbocycles. The fraction of sp³-hybridized carbons (Fsp3) is 0.536. The molecule has 0 aromatic heterocycles. The van der Waals surface area contributed by atoms with Gasteiger partial charge in [-0.3, -0.25) is 9.69 Å². The molecular weight excluding hydrogens is 466 g/mol. The van der Waals surface area contributed by atoms with Crippen LogP contribution in [0.5, 0.6) is 11.5 Å². The number of halogens is 2. The third kappa shape index (κ3) is 2.74. The molecule has 3 fully saturated rings. The summed E-state index contributed by atoms with van der Waals surface area (Å²) in [5.41, 5.74) is 5.32. The first-order valence-electron chi connectivity index (χ1n) is 12.9. The van der Waals surface area contributed by atoms with E-state index < -0.39 is 47.5 Å². The maximum atomic E-state index is 16.7. The van der Waals surface area contributed by atoms with Gasteiger partial charge in [-0.1, -0.05) is 36.4 Å². The second-order valence-electron chi connectivity index (χ2n) is 11.3. The van der Waals surface area contributed by atoms with Crippen molar-refractivity contribution in [2.24, 2.45) is 17.6 Å². The second-order valence-corrected chi connectivity index (χ2v) is 11.3. The van der Waals surface area contributed by atoms with Crippen LogP contribution < -0.4 is 15.2 Å². The molecule has 2 aromatic rings. The van der Waals surface area contributed by atoms with Gasteiger partial charge in [0.05, 0.1) is 6.54 Å². The zero-order valence-corrected chi connectivity index (χ0v) is 20.0. The molecule has 3 aliphatic carbocycles. The monoisotopic (exact) mass is 496 g/mol. The summed E-state index contributed by atoms with van der Waals surface area (Å²) in [5, 5.41) is 10.7. The van der Waals surface area contributed by atoms with Crippen LogP contribution in [-0.2, 0) is 23.2 Å². The Morgan fingerprint density at radius 3 is 2.64 bits per heavy atom. The van der Waals surface area contributed by atoms with Crippen LogP contribution in [0.15, 0.2) is 42.5 Å². The molecule has 1 saturated heterocycles. The quantitative estimate of drug-likeness (QED) is 0.634. The van der Waals surface area contributed by atoms with Crippen LogP contribution in [0.4, 0.5) is 8.78 Å². The number of nitrogens with two attached hydrogens (primary N) is 1. The number of alkyl halides is 2. The molecule has 0 radical (unpaired) electrons. The number of rotatable bonds is 6. The second kappa shape index (κ2) is 7.42. The van der Waals surface area contributed by atoms with Crippen molar-refractivity contribution in [3.8, 4) is 11.5 Å². The molecule has 1 spiro atoms. The summed E-state index contributed by atoms with van der Waals surface area (Å²) in [5.74, 6) is -3.99. The van der Waals surface area contributed by atoms with E-state index >= 15 is 8.78 Å². The predicted molar refractivity (Wildman–Crippen MR) is 127 cm³/mol. The van der Waals surface area contributed by atoms with Gasteiger partial charge < -0.3 is 20.3 Å². The summed E-state index contributed by atoms with van der Waals surface area (Å²) >= 11 is 0. The number of carbonyl (C=O) groups is 1. The van der Waals surface area contributed by atoms with E-state index in [2.05, 4.69) is 0 Å². The third-order valence-corrected chi connectivity index (χ3v) is 9.42. The lowest BCUT2D eigenvalue weighted by Gasteiger charge is -2.65. The highest BCUT2D eigenvalue weighted by molar-refractivity contribution is 5.83. The molecule has 2 heterocycles. The standard InChI is InChI=1S/C28H30F2N2O4/c29-27(30)15-32(13-16-6-7-16)26(25(33)34)12-18-8-10-20(35-14-17-4-2-1-3-5-17)23-22(18)28(27)21(26)11-9-19(31)24(28)36-23/h1-5,8,10,16,19,21,24H,6-7,9,11-15,31H2,(H,33,34)/t19-,21-,24+,26-,28-/m1/s1. The van der Waals surface area contributed by atoms with Gasteiger partial charge in [0.25, 0.3) is 5.92 Å². The van der Waals surface area contributed by atoms with Gasteiger partial charge in [0.1, 0.15) is 23.7 Å². The summed E-state index contributed by atoms with van der Waals surface area (Å²) in [7, 11) is 0. The molecule has 7 rings (SSSR count). The summed E-state index contributed by atoms with van der Waals surface area (Å²) in [4.78, 5) is 14.7. The molecule has 5 atom stereocenters. The molecule has 0 amide bonds. The number of carboxylic acids is 1. The molecule has 2 bridgehead atoms. The smallest absolute Gasteiger partial charge is 0.324 e. The number of piperidine rings is 1. The van der Waals surface area contributed by atoms with Crippen LogP contribution in [0.2, 0.25) is 0 Å². The van der Waals surface area contributed by atoms with Crippen molar-refractivity contribution in [2.45, 2.75) is 67.7 Å². The van der Waals surface area contributed by atoms with Crippen molar-refractivity contribution >= 4 is 5.97 Å². The summed E-state index contributed by atoms with van der Waals surface area (Å²) in [6.45, 7) is 0.0765. The molecule has 5 aliphatic rings. The molecule has 2 aliphatic heterocycles. The van der Waals surface area contributed by atoms with Gasteiger partial charge in [-0.2, -0.15) is 0 Å². The summed E-state index contributed by atoms with van der Waals surface area (Å²) in [6, 6.07) is 12.5. The zero-order chi connectivity index (χ0) is 24.9. The molecule has 3 N–H and O–H groups in total. The number of nitrogens with zero attached hydrogens (tertiary/aromatic N) is 1. The lowest BCUT2D eigenvalue weighted by molar-refractivity contribution is -0.244.